The molecule has 2 unspecified atom stereocenters. The van der Waals surface area contributed by atoms with Gasteiger partial charge >= 0.3 is 5.97 Å². The Morgan fingerprint density at radius 3 is 2.83 bits per heavy atom. The van der Waals surface area contributed by atoms with E-state index < -0.39 is 12.0 Å². The molecule has 2 heterocycles. The SMILES string of the molecule is O=C(O)C(c1cccc(Cl)c1Cl)N1CCC(c2cccnc2)C1. The number of aromatic nitrogens is 1. The van der Waals surface area contributed by atoms with Gasteiger partial charge in [0.05, 0.1) is 10.0 Å². The molecule has 3 rings (SSSR count). The lowest BCUT2D eigenvalue weighted by Gasteiger charge is -2.25. The number of pyridine rings is 1. The van der Waals surface area contributed by atoms with E-state index in [1.54, 1.807) is 24.4 Å². The molecule has 4 nitrogen and oxygen atoms in total. The summed E-state index contributed by atoms with van der Waals surface area (Å²) >= 11 is 12.3. The Hall–Kier alpha value is -1.62. The van der Waals surface area contributed by atoms with E-state index in [1.165, 1.54) is 0 Å². The molecule has 1 saturated heterocycles. The van der Waals surface area contributed by atoms with E-state index in [1.807, 2.05) is 23.2 Å². The van der Waals surface area contributed by atoms with Crippen molar-refractivity contribution in [3.63, 3.8) is 0 Å². The highest BCUT2D eigenvalue weighted by Crippen LogP contribution is 2.37. The number of benzene rings is 1. The van der Waals surface area contributed by atoms with Crippen molar-refractivity contribution in [2.45, 2.75) is 18.4 Å². The van der Waals surface area contributed by atoms with Gasteiger partial charge in [-0.1, -0.05) is 41.4 Å². The third kappa shape index (κ3) is 3.34. The van der Waals surface area contributed by atoms with Crippen LogP contribution in [-0.4, -0.2) is 34.0 Å². The number of carboxylic acid groups (broad SMARTS) is 1. The maximum absolute atomic E-state index is 11.8. The number of nitrogens with zero attached hydrogens (tertiary/aromatic N) is 2. The molecule has 1 fully saturated rings. The number of carbonyl (C=O) groups is 1. The summed E-state index contributed by atoms with van der Waals surface area (Å²) in [5.41, 5.74) is 1.68. The molecule has 6 heteroatoms. The number of likely N-dealkylation sites (tertiary alicyclic amines) is 1. The molecule has 2 aromatic rings. The fourth-order valence-corrected chi connectivity index (χ4v) is 3.54. The first kappa shape index (κ1) is 16.2. The first-order chi connectivity index (χ1) is 11.1. The number of aliphatic carboxylic acids is 1. The standard InChI is InChI=1S/C17H16Cl2N2O2/c18-14-5-1-4-13(15(14)19)16(17(22)23)21-8-6-12(10-21)11-3-2-7-20-9-11/h1-5,7,9,12,16H,6,8,10H2,(H,22,23). The molecule has 0 radical (unpaired) electrons. The van der Waals surface area contributed by atoms with E-state index in [4.69, 9.17) is 23.2 Å². The Kier molecular flexibility index (Phi) is 4.85. The normalized spacial score (nSPS) is 19.7. The lowest BCUT2D eigenvalue weighted by atomic mass is 10.0. The Balaban J connectivity index is 1.86. The van der Waals surface area contributed by atoms with Crippen molar-refractivity contribution in [3.05, 3.63) is 63.9 Å². The van der Waals surface area contributed by atoms with Crippen molar-refractivity contribution >= 4 is 29.2 Å². The van der Waals surface area contributed by atoms with E-state index in [9.17, 15) is 9.90 Å². The minimum Gasteiger partial charge on any atom is -0.480 e. The second kappa shape index (κ2) is 6.87. The predicted molar refractivity (Wildman–Crippen MR) is 90.0 cm³/mol. The van der Waals surface area contributed by atoms with E-state index in [2.05, 4.69) is 4.98 Å². The molecule has 0 bridgehead atoms. The van der Waals surface area contributed by atoms with Gasteiger partial charge in [0.15, 0.2) is 0 Å². The second-order valence-electron chi connectivity index (χ2n) is 5.65. The molecule has 0 aliphatic carbocycles. The van der Waals surface area contributed by atoms with Crippen LogP contribution in [0.25, 0.3) is 0 Å². The summed E-state index contributed by atoms with van der Waals surface area (Å²) in [6.07, 6.45) is 4.48. The van der Waals surface area contributed by atoms with Crippen LogP contribution in [0, 0.1) is 0 Å². The largest absolute Gasteiger partial charge is 0.480 e. The Labute approximate surface area is 144 Å². The van der Waals surface area contributed by atoms with E-state index >= 15 is 0 Å². The summed E-state index contributed by atoms with van der Waals surface area (Å²) in [4.78, 5) is 17.9. The van der Waals surface area contributed by atoms with Crippen molar-refractivity contribution in [2.24, 2.45) is 0 Å². The molecule has 120 valence electrons. The van der Waals surface area contributed by atoms with E-state index in [-0.39, 0.29) is 5.92 Å². The van der Waals surface area contributed by atoms with Crippen LogP contribution < -0.4 is 0 Å². The van der Waals surface area contributed by atoms with Gasteiger partial charge in [0.2, 0.25) is 0 Å². The third-order valence-corrected chi connectivity index (χ3v) is 5.08. The van der Waals surface area contributed by atoms with Gasteiger partial charge in [0.1, 0.15) is 6.04 Å². The topological polar surface area (TPSA) is 53.4 Å². The minimum absolute atomic E-state index is 0.281. The van der Waals surface area contributed by atoms with Gasteiger partial charge in [-0.3, -0.25) is 14.7 Å². The van der Waals surface area contributed by atoms with Crippen molar-refractivity contribution in [3.8, 4) is 0 Å². The van der Waals surface area contributed by atoms with Crippen molar-refractivity contribution in [1.82, 2.24) is 9.88 Å². The van der Waals surface area contributed by atoms with Gasteiger partial charge in [0, 0.05) is 24.5 Å². The molecule has 1 aromatic heterocycles. The zero-order chi connectivity index (χ0) is 16.4. The van der Waals surface area contributed by atoms with Gasteiger partial charge in [-0.25, -0.2) is 0 Å². The van der Waals surface area contributed by atoms with Crippen LogP contribution in [0.1, 0.15) is 29.5 Å². The number of hydrogen-bond donors (Lipinski definition) is 1. The predicted octanol–water partition coefficient (Wildman–Crippen LogP) is 4.00. The molecule has 23 heavy (non-hydrogen) atoms. The summed E-state index contributed by atoms with van der Waals surface area (Å²) in [5, 5.41) is 10.4. The lowest BCUT2D eigenvalue weighted by Crippen LogP contribution is -2.32. The van der Waals surface area contributed by atoms with Crippen LogP contribution in [0.5, 0.6) is 0 Å². The smallest absolute Gasteiger partial charge is 0.325 e. The summed E-state index contributed by atoms with van der Waals surface area (Å²) in [7, 11) is 0. The highest BCUT2D eigenvalue weighted by atomic mass is 35.5. The molecule has 2 atom stereocenters. The average molecular weight is 351 g/mol. The van der Waals surface area contributed by atoms with Gasteiger partial charge < -0.3 is 5.11 Å². The monoisotopic (exact) mass is 350 g/mol. The first-order valence-corrected chi connectivity index (χ1v) is 8.14. The fraction of sp³-hybridized carbons (Fsp3) is 0.294. The number of halogens is 2. The Morgan fingerprint density at radius 1 is 1.30 bits per heavy atom. The van der Waals surface area contributed by atoms with Gasteiger partial charge in [-0.15, -0.1) is 0 Å². The van der Waals surface area contributed by atoms with Crippen LogP contribution in [0.15, 0.2) is 42.7 Å². The van der Waals surface area contributed by atoms with Gasteiger partial charge in [-0.05, 0) is 36.6 Å². The minimum atomic E-state index is -0.916. The zero-order valence-electron chi connectivity index (χ0n) is 12.3. The Morgan fingerprint density at radius 2 is 2.13 bits per heavy atom. The maximum Gasteiger partial charge on any atom is 0.325 e. The molecular formula is C17H16Cl2N2O2. The van der Waals surface area contributed by atoms with Crippen molar-refractivity contribution in [2.75, 3.05) is 13.1 Å². The average Bonchev–Trinajstić information content (AvgIpc) is 3.02. The van der Waals surface area contributed by atoms with Crippen molar-refractivity contribution in [1.29, 1.82) is 0 Å². The van der Waals surface area contributed by atoms with Crippen LogP contribution >= 0.6 is 23.2 Å². The second-order valence-corrected chi connectivity index (χ2v) is 6.44. The zero-order valence-corrected chi connectivity index (χ0v) is 13.8. The summed E-state index contributed by atoms with van der Waals surface area (Å²) in [5.74, 6) is -0.635. The number of hydrogen-bond acceptors (Lipinski definition) is 3. The van der Waals surface area contributed by atoms with Crippen LogP contribution in [-0.2, 0) is 4.79 Å². The number of carboxylic acids is 1. The highest BCUT2D eigenvalue weighted by Gasteiger charge is 2.35. The van der Waals surface area contributed by atoms with Gasteiger partial charge in [0.25, 0.3) is 0 Å². The molecule has 1 aliphatic heterocycles. The molecule has 0 saturated carbocycles. The molecular weight excluding hydrogens is 335 g/mol. The van der Waals surface area contributed by atoms with Crippen LogP contribution in [0.4, 0.5) is 0 Å². The van der Waals surface area contributed by atoms with Crippen LogP contribution in [0.2, 0.25) is 10.0 Å². The quantitative estimate of drug-likeness (QED) is 0.905. The van der Waals surface area contributed by atoms with E-state index in [0.717, 1.165) is 12.0 Å². The fourth-order valence-electron chi connectivity index (χ4n) is 3.13. The summed E-state index contributed by atoms with van der Waals surface area (Å²) in [6, 6.07) is 8.26. The van der Waals surface area contributed by atoms with Crippen molar-refractivity contribution < 1.29 is 9.90 Å². The molecule has 0 amide bonds. The molecule has 1 N–H and O–H groups in total. The summed E-state index contributed by atoms with van der Waals surface area (Å²) in [6.45, 7) is 1.35. The van der Waals surface area contributed by atoms with E-state index in [0.29, 0.717) is 28.7 Å². The summed E-state index contributed by atoms with van der Waals surface area (Å²) < 4.78 is 0. The molecule has 1 aromatic carbocycles. The maximum atomic E-state index is 11.8. The van der Waals surface area contributed by atoms with Gasteiger partial charge in [-0.2, -0.15) is 0 Å². The van der Waals surface area contributed by atoms with Crippen LogP contribution in [0.3, 0.4) is 0 Å². The molecule has 0 spiro atoms. The highest BCUT2D eigenvalue weighted by molar-refractivity contribution is 6.42. The molecule has 1 aliphatic rings. The third-order valence-electron chi connectivity index (χ3n) is 4.25. The lowest BCUT2D eigenvalue weighted by molar-refractivity contribution is -0.143. The first-order valence-electron chi connectivity index (χ1n) is 7.38. The number of rotatable bonds is 4. The Bertz CT molecular complexity index is 709.